The molecule has 5 nitrogen and oxygen atoms in total. The van der Waals surface area contributed by atoms with Crippen LogP contribution in [0.15, 0.2) is 24.3 Å². The summed E-state index contributed by atoms with van der Waals surface area (Å²) >= 11 is 0. The van der Waals surface area contributed by atoms with Gasteiger partial charge in [0.1, 0.15) is 5.75 Å². The average Bonchev–Trinajstić information content (AvgIpc) is 2.37. The van der Waals surface area contributed by atoms with Crippen molar-refractivity contribution < 1.29 is 14.6 Å². The second kappa shape index (κ2) is 8.36. The highest BCUT2D eigenvalue weighted by Gasteiger charge is 2.01. The second-order valence-electron chi connectivity index (χ2n) is 3.83. The molecular weight excluding hydrogens is 232 g/mol. The molecule has 0 atom stereocenters. The standard InChI is InChI=1S/C13H20N2O3/c1-2-7-14-13(17)15-11-5-3-6-12(10-11)18-9-4-8-16/h3,5-6,10,16H,2,4,7-9H2,1H3,(H2,14,15,17). The summed E-state index contributed by atoms with van der Waals surface area (Å²) < 4.78 is 5.42. The van der Waals surface area contributed by atoms with Crippen molar-refractivity contribution in [3.8, 4) is 5.75 Å². The zero-order chi connectivity index (χ0) is 13.2. The maximum atomic E-state index is 11.4. The molecule has 0 saturated heterocycles. The van der Waals surface area contributed by atoms with Crippen LogP contribution in [0.3, 0.4) is 0 Å². The van der Waals surface area contributed by atoms with Crippen LogP contribution in [0.2, 0.25) is 0 Å². The van der Waals surface area contributed by atoms with Crippen LogP contribution >= 0.6 is 0 Å². The van der Waals surface area contributed by atoms with Crippen LogP contribution in [0.1, 0.15) is 19.8 Å². The molecule has 1 aromatic rings. The Labute approximate surface area is 107 Å². The minimum Gasteiger partial charge on any atom is -0.493 e. The van der Waals surface area contributed by atoms with E-state index in [1.54, 1.807) is 12.1 Å². The number of aliphatic hydroxyl groups is 1. The van der Waals surface area contributed by atoms with Gasteiger partial charge in [-0.05, 0) is 18.6 Å². The van der Waals surface area contributed by atoms with Crippen LogP contribution in [-0.4, -0.2) is 30.9 Å². The number of anilines is 1. The van der Waals surface area contributed by atoms with E-state index in [9.17, 15) is 4.79 Å². The van der Waals surface area contributed by atoms with Gasteiger partial charge in [-0.2, -0.15) is 0 Å². The second-order valence-corrected chi connectivity index (χ2v) is 3.83. The van der Waals surface area contributed by atoms with Gasteiger partial charge in [-0.3, -0.25) is 0 Å². The lowest BCUT2D eigenvalue weighted by Crippen LogP contribution is -2.29. The molecule has 0 saturated carbocycles. The summed E-state index contributed by atoms with van der Waals surface area (Å²) in [6.07, 6.45) is 1.49. The number of rotatable bonds is 7. The summed E-state index contributed by atoms with van der Waals surface area (Å²) in [5.74, 6) is 0.678. The summed E-state index contributed by atoms with van der Waals surface area (Å²) in [5, 5.41) is 14.1. The Morgan fingerprint density at radius 1 is 1.44 bits per heavy atom. The lowest BCUT2D eigenvalue weighted by molar-refractivity contribution is 0.233. The number of ether oxygens (including phenoxy) is 1. The van der Waals surface area contributed by atoms with Crippen LogP contribution in [0.4, 0.5) is 10.5 Å². The molecule has 0 aromatic heterocycles. The molecular formula is C13H20N2O3. The maximum Gasteiger partial charge on any atom is 0.319 e. The maximum absolute atomic E-state index is 11.4. The first kappa shape index (κ1) is 14.3. The van der Waals surface area contributed by atoms with Crippen LogP contribution in [0, 0.1) is 0 Å². The first-order valence-corrected chi connectivity index (χ1v) is 6.15. The molecule has 0 aliphatic rings. The molecule has 2 amide bonds. The minimum absolute atomic E-state index is 0.108. The van der Waals surface area contributed by atoms with E-state index in [4.69, 9.17) is 9.84 Å². The fraction of sp³-hybridized carbons (Fsp3) is 0.462. The predicted molar refractivity (Wildman–Crippen MR) is 71.0 cm³/mol. The SMILES string of the molecule is CCCNC(=O)Nc1cccc(OCCCO)c1. The van der Waals surface area contributed by atoms with Crippen molar-refractivity contribution in [1.29, 1.82) is 0 Å². The number of hydrogen-bond donors (Lipinski definition) is 3. The number of hydrogen-bond acceptors (Lipinski definition) is 3. The van der Waals surface area contributed by atoms with Crippen molar-refractivity contribution in [2.45, 2.75) is 19.8 Å². The zero-order valence-corrected chi connectivity index (χ0v) is 10.6. The number of carbonyl (C=O) groups is 1. The number of nitrogens with one attached hydrogen (secondary N) is 2. The molecule has 0 spiro atoms. The van der Waals surface area contributed by atoms with E-state index in [0.29, 0.717) is 31.0 Å². The van der Waals surface area contributed by atoms with Gasteiger partial charge in [-0.1, -0.05) is 13.0 Å². The van der Waals surface area contributed by atoms with E-state index >= 15 is 0 Å². The molecule has 1 aromatic carbocycles. The van der Waals surface area contributed by atoms with E-state index in [1.165, 1.54) is 0 Å². The van der Waals surface area contributed by atoms with E-state index in [2.05, 4.69) is 10.6 Å². The number of urea groups is 1. The first-order chi connectivity index (χ1) is 8.76. The Bertz CT molecular complexity index is 369. The normalized spacial score (nSPS) is 9.89. The van der Waals surface area contributed by atoms with Crippen LogP contribution in [-0.2, 0) is 0 Å². The number of amides is 2. The first-order valence-electron chi connectivity index (χ1n) is 6.15. The summed E-state index contributed by atoms with van der Waals surface area (Å²) in [6.45, 7) is 3.22. The van der Waals surface area contributed by atoms with E-state index < -0.39 is 0 Å². The molecule has 5 heteroatoms. The molecule has 0 heterocycles. The van der Waals surface area contributed by atoms with Crippen LogP contribution in [0.25, 0.3) is 0 Å². The van der Waals surface area contributed by atoms with E-state index in [1.807, 2.05) is 19.1 Å². The molecule has 0 aliphatic heterocycles. The molecule has 18 heavy (non-hydrogen) atoms. The van der Waals surface area contributed by atoms with Gasteiger partial charge in [0, 0.05) is 31.3 Å². The summed E-state index contributed by atoms with van der Waals surface area (Å²) in [7, 11) is 0. The van der Waals surface area contributed by atoms with Crippen molar-refractivity contribution in [1.82, 2.24) is 5.32 Å². The lowest BCUT2D eigenvalue weighted by Gasteiger charge is -2.09. The van der Waals surface area contributed by atoms with Crippen molar-refractivity contribution in [3.63, 3.8) is 0 Å². The number of aliphatic hydroxyl groups excluding tert-OH is 1. The highest BCUT2D eigenvalue weighted by atomic mass is 16.5. The molecule has 0 unspecified atom stereocenters. The van der Waals surface area contributed by atoms with Gasteiger partial charge >= 0.3 is 6.03 Å². The molecule has 0 bridgehead atoms. The van der Waals surface area contributed by atoms with E-state index in [-0.39, 0.29) is 12.6 Å². The van der Waals surface area contributed by atoms with Gasteiger partial charge < -0.3 is 20.5 Å². The lowest BCUT2D eigenvalue weighted by atomic mass is 10.3. The molecule has 3 N–H and O–H groups in total. The third-order valence-electron chi connectivity index (χ3n) is 2.20. The fourth-order valence-electron chi connectivity index (χ4n) is 1.33. The quantitative estimate of drug-likeness (QED) is 0.650. The van der Waals surface area contributed by atoms with Gasteiger partial charge in [0.15, 0.2) is 0 Å². The highest BCUT2D eigenvalue weighted by Crippen LogP contribution is 2.17. The van der Waals surface area contributed by atoms with Crippen LogP contribution < -0.4 is 15.4 Å². The van der Waals surface area contributed by atoms with Crippen LogP contribution in [0.5, 0.6) is 5.75 Å². The van der Waals surface area contributed by atoms with Gasteiger partial charge in [0.05, 0.1) is 6.61 Å². The highest BCUT2D eigenvalue weighted by molar-refractivity contribution is 5.89. The number of benzene rings is 1. The molecule has 0 fully saturated rings. The molecule has 0 radical (unpaired) electrons. The Balaban J connectivity index is 2.45. The smallest absolute Gasteiger partial charge is 0.319 e. The Morgan fingerprint density at radius 2 is 2.28 bits per heavy atom. The fourth-order valence-corrected chi connectivity index (χ4v) is 1.33. The van der Waals surface area contributed by atoms with E-state index in [0.717, 1.165) is 6.42 Å². The number of carbonyl (C=O) groups excluding carboxylic acids is 1. The molecule has 1 rings (SSSR count). The molecule has 0 aliphatic carbocycles. The largest absolute Gasteiger partial charge is 0.493 e. The van der Waals surface area contributed by atoms with Crippen molar-refractivity contribution in [3.05, 3.63) is 24.3 Å². The third kappa shape index (κ3) is 5.54. The monoisotopic (exact) mass is 252 g/mol. The topological polar surface area (TPSA) is 70.6 Å². The van der Waals surface area contributed by atoms with Gasteiger partial charge in [-0.15, -0.1) is 0 Å². The summed E-state index contributed by atoms with van der Waals surface area (Å²) in [4.78, 5) is 11.4. The van der Waals surface area contributed by atoms with Gasteiger partial charge in [0.2, 0.25) is 0 Å². The Kier molecular flexibility index (Phi) is 6.64. The van der Waals surface area contributed by atoms with Crippen molar-refractivity contribution >= 4 is 11.7 Å². The average molecular weight is 252 g/mol. The van der Waals surface area contributed by atoms with Gasteiger partial charge in [-0.25, -0.2) is 4.79 Å². The van der Waals surface area contributed by atoms with Crippen molar-refractivity contribution in [2.75, 3.05) is 25.1 Å². The zero-order valence-electron chi connectivity index (χ0n) is 10.6. The minimum atomic E-state index is -0.218. The molecule has 100 valence electrons. The van der Waals surface area contributed by atoms with Gasteiger partial charge in [0.25, 0.3) is 0 Å². The summed E-state index contributed by atoms with van der Waals surface area (Å²) in [6, 6.07) is 6.95. The Morgan fingerprint density at radius 3 is 3.00 bits per heavy atom. The summed E-state index contributed by atoms with van der Waals surface area (Å²) in [5.41, 5.74) is 0.685. The van der Waals surface area contributed by atoms with Crippen molar-refractivity contribution in [2.24, 2.45) is 0 Å². The third-order valence-corrected chi connectivity index (χ3v) is 2.20. The predicted octanol–water partition coefficient (Wildman–Crippen LogP) is 1.98. The Hall–Kier alpha value is -1.75.